The molecule has 1 atom stereocenters. The van der Waals surface area contributed by atoms with Crippen LogP contribution in [0.2, 0.25) is 0 Å². The predicted molar refractivity (Wildman–Crippen MR) is 120 cm³/mol. The first-order valence-electron chi connectivity index (χ1n) is 10.8. The van der Waals surface area contributed by atoms with Crippen LogP contribution in [0.25, 0.3) is 10.9 Å². The molecule has 2 aliphatic heterocycles. The summed E-state index contributed by atoms with van der Waals surface area (Å²) in [6.45, 7) is 1.61. The van der Waals surface area contributed by atoms with E-state index in [2.05, 4.69) is 4.98 Å². The Balaban J connectivity index is 1.51. The number of halogens is 1. The Morgan fingerprint density at radius 1 is 1.00 bits per heavy atom. The summed E-state index contributed by atoms with van der Waals surface area (Å²) in [7, 11) is -4.07. The van der Waals surface area contributed by atoms with Crippen molar-refractivity contribution < 1.29 is 31.8 Å². The average Bonchev–Trinajstić information content (AvgIpc) is 2.84. The molecular weight excluding hydrogens is 467 g/mol. The molecule has 1 N–H and O–H groups in total. The van der Waals surface area contributed by atoms with Crippen molar-refractivity contribution in [2.24, 2.45) is 0 Å². The van der Waals surface area contributed by atoms with E-state index >= 15 is 0 Å². The zero-order chi connectivity index (χ0) is 23.7. The molecule has 9 nitrogen and oxygen atoms in total. The molecule has 0 saturated carbocycles. The number of rotatable bonds is 6. The van der Waals surface area contributed by atoms with Crippen LogP contribution in [-0.2, 0) is 26.0 Å². The third kappa shape index (κ3) is 4.64. The van der Waals surface area contributed by atoms with Crippen molar-refractivity contribution >= 4 is 20.9 Å². The lowest BCUT2D eigenvalue weighted by atomic mass is 10.1. The number of fused-ring (bicyclic) bond motifs is 2. The molecule has 0 aliphatic carbocycles. The zero-order valence-corrected chi connectivity index (χ0v) is 19.0. The number of nitrogens with zero attached hydrogens (tertiary/aromatic N) is 1. The fourth-order valence-corrected chi connectivity index (χ4v) is 5.42. The highest BCUT2D eigenvalue weighted by Gasteiger charge is 2.30. The average molecular weight is 491 g/mol. The van der Waals surface area contributed by atoms with Crippen LogP contribution in [0, 0.1) is 5.82 Å². The van der Waals surface area contributed by atoms with Gasteiger partial charge in [0.05, 0.1) is 36.3 Å². The first-order valence-corrected chi connectivity index (χ1v) is 12.2. The van der Waals surface area contributed by atoms with E-state index in [1.165, 1.54) is 12.1 Å². The van der Waals surface area contributed by atoms with E-state index in [-0.39, 0.29) is 30.2 Å². The van der Waals surface area contributed by atoms with Gasteiger partial charge in [-0.3, -0.25) is 4.79 Å². The molecule has 3 heterocycles. The Morgan fingerprint density at radius 3 is 2.44 bits per heavy atom. The van der Waals surface area contributed by atoms with Crippen molar-refractivity contribution in [2.45, 2.75) is 17.5 Å². The van der Waals surface area contributed by atoms with Gasteiger partial charge in [-0.05, 0) is 36.4 Å². The smallest absolute Gasteiger partial charge is 0.252 e. The van der Waals surface area contributed by atoms with Gasteiger partial charge in [0.15, 0.2) is 11.5 Å². The highest BCUT2D eigenvalue weighted by atomic mass is 32.2. The maximum Gasteiger partial charge on any atom is 0.252 e. The Bertz CT molecular complexity index is 1350. The molecule has 2 aliphatic rings. The van der Waals surface area contributed by atoms with Gasteiger partial charge in [-0.2, -0.15) is 4.31 Å². The quantitative estimate of drug-likeness (QED) is 0.564. The summed E-state index contributed by atoms with van der Waals surface area (Å²) >= 11 is 0. The van der Waals surface area contributed by atoms with Gasteiger partial charge >= 0.3 is 0 Å². The number of pyridine rings is 1. The molecule has 3 aromatic rings. The molecule has 0 radical (unpaired) electrons. The Hall–Kier alpha value is -2.99. The van der Waals surface area contributed by atoms with Crippen molar-refractivity contribution in [3.63, 3.8) is 0 Å². The van der Waals surface area contributed by atoms with E-state index < -0.39 is 27.5 Å². The molecule has 1 aromatic heterocycles. The molecule has 5 rings (SSSR count). The number of ether oxygens (including phenoxy) is 4. The SMILES string of the molecule is O=c1[nH]c2cc3c(cc2cc1CN(CC1COCCO1)S(=O)(=O)c1ccc(F)cc1)OCCO3. The molecule has 0 bridgehead atoms. The first kappa shape index (κ1) is 22.8. The van der Waals surface area contributed by atoms with Crippen LogP contribution < -0.4 is 15.0 Å². The normalized spacial score (nSPS) is 18.4. The molecule has 1 fully saturated rings. The standard InChI is InChI=1S/C23H23FN2O7S/c24-17-1-3-19(4-2-17)34(28,29)26(13-18-14-30-5-6-31-18)12-16-9-15-10-21-22(33-8-7-32-21)11-20(15)25-23(16)27/h1-4,9-11,18H,5-8,12-14H2,(H,25,27). The van der Waals surface area contributed by atoms with Crippen LogP contribution in [0.3, 0.4) is 0 Å². The van der Waals surface area contributed by atoms with E-state index in [9.17, 15) is 17.6 Å². The van der Waals surface area contributed by atoms with Gasteiger partial charge in [-0.25, -0.2) is 12.8 Å². The number of H-pyrrole nitrogens is 1. The fraction of sp³-hybridized carbons (Fsp3) is 0.348. The summed E-state index contributed by atoms with van der Waals surface area (Å²) in [4.78, 5) is 15.6. The summed E-state index contributed by atoms with van der Waals surface area (Å²) in [6, 6.07) is 9.64. The Morgan fingerprint density at radius 2 is 1.74 bits per heavy atom. The minimum absolute atomic E-state index is 0.0294. The van der Waals surface area contributed by atoms with Gasteiger partial charge in [-0.1, -0.05) is 0 Å². The van der Waals surface area contributed by atoms with Crippen LogP contribution in [0.4, 0.5) is 4.39 Å². The van der Waals surface area contributed by atoms with Gasteiger partial charge < -0.3 is 23.9 Å². The van der Waals surface area contributed by atoms with Crippen molar-refractivity contribution in [3.05, 3.63) is 64.2 Å². The second-order valence-electron chi connectivity index (χ2n) is 8.03. The Kier molecular flexibility index (Phi) is 6.26. The number of hydrogen-bond donors (Lipinski definition) is 1. The van der Waals surface area contributed by atoms with Crippen LogP contribution in [0.1, 0.15) is 5.56 Å². The van der Waals surface area contributed by atoms with Gasteiger partial charge in [0.25, 0.3) is 5.56 Å². The van der Waals surface area contributed by atoms with Gasteiger partial charge in [-0.15, -0.1) is 0 Å². The van der Waals surface area contributed by atoms with Crippen molar-refractivity contribution in [2.75, 3.05) is 39.6 Å². The van der Waals surface area contributed by atoms with Gasteiger partial charge in [0, 0.05) is 30.1 Å². The number of benzene rings is 2. The monoisotopic (exact) mass is 490 g/mol. The highest BCUT2D eigenvalue weighted by molar-refractivity contribution is 7.89. The molecule has 1 saturated heterocycles. The van der Waals surface area contributed by atoms with Crippen molar-refractivity contribution in [1.82, 2.24) is 9.29 Å². The van der Waals surface area contributed by atoms with Crippen LogP contribution in [0.15, 0.2) is 52.2 Å². The lowest BCUT2D eigenvalue weighted by Gasteiger charge is -2.29. The molecule has 2 aromatic carbocycles. The van der Waals surface area contributed by atoms with E-state index in [0.717, 1.165) is 16.4 Å². The molecule has 0 amide bonds. The number of aromatic nitrogens is 1. The highest BCUT2D eigenvalue weighted by Crippen LogP contribution is 2.34. The summed E-state index contributed by atoms with van der Waals surface area (Å²) < 4.78 is 63.7. The van der Waals surface area contributed by atoms with Gasteiger partial charge in [0.2, 0.25) is 10.0 Å². The number of hydrogen-bond acceptors (Lipinski definition) is 7. The minimum atomic E-state index is -4.07. The van der Waals surface area contributed by atoms with Crippen molar-refractivity contribution in [3.8, 4) is 11.5 Å². The zero-order valence-electron chi connectivity index (χ0n) is 18.2. The summed E-state index contributed by atoms with van der Waals surface area (Å²) in [5, 5.41) is 0.676. The molecule has 11 heteroatoms. The first-order chi connectivity index (χ1) is 16.4. The summed E-state index contributed by atoms with van der Waals surface area (Å²) in [5.74, 6) is 0.549. The van der Waals surface area contributed by atoms with Crippen LogP contribution in [0.5, 0.6) is 11.5 Å². The Labute approximate surface area is 195 Å². The second kappa shape index (κ2) is 9.34. The number of aromatic amines is 1. The molecule has 1 unspecified atom stereocenters. The van der Waals surface area contributed by atoms with Gasteiger partial charge in [0.1, 0.15) is 19.0 Å². The van der Waals surface area contributed by atoms with Crippen molar-refractivity contribution in [1.29, 1.82) is 0 Å². The maximum absolute atomic E-state index is 13.4. The number of sulfonamides is 1. The lowest BCUT2D eigenvalue weighted by molar-refractivity contribution is -0.0923. The lowest BCUT2D eigenvalue weighted by Crippen LogP contribution is -2.43. The molecule has 34 heavy (non-hydrogen) atoms. The largest absolute Gasteiger partial charge is 0.486 e. The van der Waals surface area contributed by atoms with E-state index in [1.807, 2.05) is 0 Å². The summed E-state index contributed by atoms with van der Waals surface area (Å²) in [6.07, 6.45) is -0.499. The van der Waals surface area contributed by atoms with E-state index in [0.29, 0.717) is 48.8 Å². The van der Waals surface area contributed by atoms with E-state index in [4.69, 9.17) is 18.9 Å². The van der Waals surface area contributed by atoms with Crippen LogP contribution >= 0.6 is 0 Å². The molecule has 180 valence electrons. The van der Waals surface area contributed by atoms with E-state index in [1.54, 1.807) is 18.2 Å². The minimum Gasteiger partial charge on any atom is -0.486 e. The third-order valence-electron chi connectivity index (χ3n) is 5.67. The molecular formula is C23H23FN2O7S. The maximum atomic E-state index is 13.4. The second-order valence-corrected chi connectivity index (χ2v) is 9.96. The fourth-order valence-electron chi connectivity index (χ4n) is 3.97. The topological polar surface area (TPSA) is 107 Å². The van der Waals surface area contributed by atoms with Crippen LogP contribution in [-0.4, -0.2) is 63.4 Å². The molecule has 0 spiro atoms. The summed E-state index contributed by atoms with van der Waals surface area (Å²) in [5.41, 5.74) is 0.367. The number of nitrogens with one attached hydrogen (secondary N) is 1. The third-order valence-corrected chi connectivity index (χ3v) is 7.50. The predicted octanol–water partition coefficient (Wildman–Crippen LogP) is 2.04.